The summed E-state index contributed by atoms with van der Waals surface area (Å²) in [5.41, 5.74) is 1.08. The van der Waals surface area contributed by atoms with Crippen molar-refractivity contribution in [2.75, 3.05) is 17.2 Å². The number of carbonyl (C=O) groups is 1. The topological polar surface area (TPSA) is 41.1 Å². The van der Waals surface area contributed by atoms with Crippen LogP contribution in [0, 0.1) is 0 Å². The number of benzene rings is 2. The zero-order valence-corrected chi connectivity index (χ0v) is 13.6. The van der Waals surface area contributed by atoms with Crippen molar-refractivity contribution in [2.24, 2.45) is 0 Å². The van der Waals surface area contributed by atoms with Crippen LogP contribution in [0.25, 0.3) is 0 Å². The summed E-state index contributed by atoms with van der Waals surface area (Å²) in [7, 11) is 0. The Bertz CT molecular complexity index is 676. The summed E-state index contributed by atoms with van der Waals surface area (Å²) in [5.74, 6) is -0.259. The zero-order valence-electron chi connectivity index (χ0n) is 10.6. The van der Waals surface area contributed by atoms with Crippen molar-refractivity contribution in [1.82, 2.24) is 0 Å². The van der Waals surface area contributed by atoms with Crippen molar-refractivity contribution in [1.29, 1.82) is 0 Å². The Morgan fingerprint density at radius 3 is 2.24 bits per heavy atom. The first-order chi connectivity index (χ1) is 9.97. The van der Waals surface area contributed by atoms with Crippen LogP contribution in [0.3, 0.4) is 0 Å². The monoisotopic (exact) mass is 362 g/mol. The minimum Gasteiger partial charge on any atom is -0.375 e. The molecule has 0 bridgehead atoms. The molecule has 0 aromatic heterocycles. The Morgan fingerprint density at radius 1 is 0.857 bits per heavy atom. The highest BCUT2D eigenvalue weighted by Crippen LogP contribution is 2.32. The van der Waals surface area contributed by atoms with Gasteiger partial charge in [-0.2, -0.15) is 0 Å². The highest BCUT2D eigenvalue weighted by atomic mass is 35.5. The number of anilines is 2. The van der Waals surface area contributed by atoms with Gasteiger partial charge in [0.15, 0.2) is 0 Å². The van der Waals surface area contributed by atoms with E-state index in [0.29, 0.717) is 31.5 Å². The van der Waals surface area contributed by atoms with Gasteiger partial charge in [-0.15, -0.1) is 0 Å². The molecule has 0 saturated carbocycles. The van der Waals surface area contributed by atoms with Gasteiger partial charge in [-0.1, -0.05) is 58.5 Å². The minimum absolute atomic E-state index is 0.0168. The first kappa shape index (κ1) is 16.2. The van der Waals surface area contributed by atoms with Gasteiger partial charge >= 0.3 is 0 Å². The van der Waals surface area contributed by atoms with Gasteiger partial charge in [0.2, 0.25) is 5.91 Å². The molecule has 0 unspecified atom stereocenters. The molecule has 3 nitrogen and oxygen atoms in total. The first-order valence-corrected chi connectivity index (χ1v) is 7.41. The number of halogens is 4. The molecule has 1 amide bonds. The molecule has 0 aliphatic carbocycles. The lowest BCUT2D eigenvalue weighted by atomic mass is 10.3. The largest absolute Gasteiger partial charge is 0.375 e. The molecule has 0 aliphatic rings. The van der Waals surface area contributed by atoms with E-state index in [4.69, 9.17) is 46.4 Å². The number of hydrogen-bond acceptors (Lipinski definition) is 2. The molecule has 0 spiro atoms. The summed E-state index contributed by atoms with van der Waals surface area (Å²) in [4.78, 5) is 11.9. The Hall–Kier alpha value is -1.13. The summed E-state index contributed by atoms with van der Waals surface area (Å²) < 4.78 is 0. The van der Waals surface area contributed by atoms with Gasteiger partial charge in [-0.05, 0) is 24.3 Å². The highest BCUT2D eigenvalue weighted by Gasteiger charge is 2.09. The van der Waals surface area contributed by atoms with E-state index in [2.05, 4.69) is 10.6 Å². The molecular formula is C14H10Cl4N2O. The van der Waals surface area contributed by atoms with Crippen LogP contribution in [0.1, 0.15) is 0 Å². The second-order valence-corrected chi connectivity index (χ2v) is 5.76. The molecule has 0 atom stereocenters. The van der Waals surface area contributed by atoms with Crippen LogP contribution in [-0.4, -0.2) is 12.5 Å². The summed E-state index contributed by atoms with van der Waals surface area (Å²) in [6.07, 6.45) is 0. The molecule has 0 radical (unpaired) electrons. The standard InChI is InChI=1S/C14H10Cl4N2O/c15-8-3-1-2-4-12(8)20-14(21)7-19-13-6-10(17)9(16)5-11(13)18/h1-6,19H,7H2,(H,20,21). The van der Waals surface area contributed by atoms with Gasteiger partial charge in [0, 0.05) is 0 Å². The van der Waals surface area contributed by atoms with E-state index in [0.717, 1.165) is 0 Å². The molecule has 0 heterocycles. The summed E-state index contributed by atoms with van der Waals surface area (Å²) in [6, 6.07) is 10.1. The van der Waals surface area contributed by atoms with Crippen molar-refractivity contribution in [3.8, 4) is 0 Å². The molecule has 2 aromatic rings. The third kappa shape index (κ3) is 4.42. The normalized spacial score (nSPS) is 10.3. The van der Waals surface area contributed by atoms with E-state index in [9.17, 15) is 4.79 Å². The van der Waals surface area contributed by atoms with Crippen LogP contribution in [0.2, 0.25) is 20.1 Å². The van der Waals surface area contributed by atoms with E-state index in [1.165, 1.54) is 6.07 Å². The SMILES string of the molecule is O=C(CNc1cc(Cl)c(Cl)cc1Cl)Nc1ccccc1Cl. The Morgan fingerprint density at radius 2 is 1.52 bits per heavy atom. The van der Waals surface area contributed by atoms with Crippen LogP contribution in [0.4, 0.5) is 11.4 Å². The molecule has 21 heavy (non-hydrogen) atoms. The maximum absolute atomic E-state index is 11.9. The van der Waals surface area contributed by atoms with E-state index in [1.807, 2.05) is 0 Å². The summed E-state index contributed by atoms with van der Waals surface area (Å²) in [5, 5.41) is 7.15. The van der Waals surface area contributed by atoms with Crippen LogP contribution in [0.15, 0.2) is 36.4 Å². The lowest BCUT2D eigenvalue weighted by molar-refractivity contribution is -0.114. The second-order valence-electron chi connectivity index (χ2n) is 4.13. The number of carbonyl (C=O) groups excluding carboxylic acids is 1. The number of hydrogen-bond donors (Lipinski definition) is 2. The lowest BCUT2D eigenvalue weighted by Crippen LogP contribution is -2.22. The second kappa shape index (κ2) is 7.23. The van der Waals surface area contributed by atoms with Gasteiger partial charge in [-0.25, -0.2) is 0 Å². The highest BCUT2D eigenvalue weighted by molar-refractivity contribution is 6.44. The van der Waals surface area contributed by atoms with Crippen LogP contribution in [0.5, 0.6) is 0 Å². The average molecular weight is 364 g/mol. The smallest absolute Gasteiger partial charge is 0.243 e. The Kier molecular flexibility index (Phi) is 5.59. The Balaban J connectivity index is 1.99. The number of rotatable bonds is 4. The molecule has 0 fully saturated rings. The predicted molar refractivity (Wildman–Crippen MR) is 90.0 cm³/mol. The lowest BCUT2D eigenvalue weighted by Gasteiger charge is -2.11. The fourth-order valence-corrected chi connectivity index (χ4v) is 2.39. The summed E-state index contributed by atoms with van der Waals surface area (Å²) in [6.45, 7) is 0.0168. The van der Waals surface area contributed by atoms with E-state index < -0.39 is 0 Å². The molecular weight excluding hydrogens is 354 g/mol. The van der Waals surface area contributed by atoms with E-state index in [-0.39, 0.29) is 12.5 Å². The molecule has 0 aliphatic heterocycles. The molecule has 2 aromatic carbocycles. The quantitative estimate of drug-likeness (QED) is 0.718. The maximum Gasteiger partial charge on any atom is 0.243 e. The van der Waals surface area contributed by atoms with Crippen molar-refractivity contribution in [3.63, 3.8) is 0 Å². The van der Waals surface area contributed by atoms with Crippen LogP contribution >= 0.6 is 46.4 Å². The van der Waals surface area contributed by atoms with Gasteiger partial charge in [0.25, 0.3) is 0 Å². The van der Waals surface area contributed by atoms with Crippen molar-refractivity contribution < 1.29 is 4.79 Å². The summed E-state index contributed by atoms with van der Waals surface area (Å²) >= 11 is 23.7. The molecule has 0 saturated heterocycles. The van der Waals surface area contributed by atoms with Gasteiger partial charge in [0.1, 0.15) is 0 Å². The molecule has 2 rings (SSSR count). The van der Waals surface area contributed by atoms with Gasteiger partial charge < -0.3 is 10.6 Å². The van der Waals surface area contributed by atoms with Gasteiger partial charge in [-0.3, -0.25) is 4.79 Å². The first-order valence-electron chi connectivity index (χ1n) is 5.90. The van der Waals surface area contributed by atoms with Crippen LogP contribution < -0.4 is 10.6 Å². The molecule has 7 heteroatoms. The zero-order chi connectivity index (χ0) is 15.4. The van der Waals surface area contributed by atoms with Gasteiger partial charge in [0.05, 0.1) is 38.0 Å². The van der Waals surface area contributed by atoms with Crippen molar-refractivity contribution in [3.05, 3.63) is 56.5 Å². The van der Waals surface area contributed by atoms with E-state index in [1.54, 1.807) is 30.3 Å². The van der Waals surface area contributed by atoms with Crippen molar-refractivity contribution >= 4 is 63.7 Å². The van der Waals surface area contributed by atoms with Crippen LogP contribution in [-0.2, 0) is 4.79 Å². The maximum atomic E-state index is 11.9. The predicted octanol–water partition coefficient (Wildman–Crippen LogP) is 5.35. The number of para-hydroxylation sites is 1. The molecule has 2 N–H and O–H groups in total. The Labute approximate surface area is 142 Å². The third-order valence-electron chi connectivity index (χ3n) is 2.60. The number of nitrogens with one attached hydrogen (secondary N) is 2. The van der Waals surface area contributed by atoms with Crippen molar-refractivity contribution in [2.45, 2.75) is 0 Å². The number of amides is 1. The minimum atomic E-state index is -0.259. The third-order valence-corrected chi connectivity index (χ3v) is 3.96. The average Bonchev–Trinajstić information content (AvgIpc) is 2.44. The van der Waals surface area contributed by atoms with E-state index >= 15 is 0 Å². The fourth-order valence-electron chi connectivity index (χ4n) is 1.59. The fraction of sp³-hybridized carbons (Fsp3) is 0.0714. The molecule has 110 valence electrons.